The SMILES string of the molecule is CCOc1cc(CNC2CCCCCCC2)cc(Br)c1OCc1cccc(Cl)c1. The first-order chi connectivity index (χ1) is 14.2. The van der Waals surface area contributed by atoms with E-state index in [1.165, 1.54) is 50.5 Å². The van der Waals surface area contributed by atoms with E-state index in [1.54, 1.807) is 0 Å². The van der Waals surface area contributed by atoms with E-state index in [2.05, 4.69) is 33.4 Å². The average Bonchev–Trinajstić information content (AvgIpc) is 2.67. The van der Waals surface area contributed by atoms with Gasteiger partial charge in [-0.05, 0) is 71.1 Å². The molecule has 0 atom stereocenters. The summed E-state index contributed by atoms with van der Waals surface area (Å²) in [5.74, 6) is 1.51. The Hall–Kier alpha value is -1.23. The van der Waals surface area contributed by atoms with Crippen LogP contribution in [0.5, 0.6) is 11.5 Å². The van der Waals surface area contributed by atoms with E-state index in [0.29, 0.717) is 24.3 Å². The molecular formula is C24H31BrClNO2. The molecule has 1 fully saturated rings. The Morgan fingerprint density at radius 1 is 1.00 bits per heavy atom. The number of rotatable bonds is 8. The lowest BCUT2D eigenvalue weighted by Crippen LogP contribution is -2.29. The van der Waals surface area contributed by atoms with Crippen molar-refractivity contribution in [2.24, 2.45) is 0 Å². The van der Waals surface area contributed by atoms with Crippen LogP contribution in [0.2, 0.25) is 5.02 Å². The van der Waals surface area contributed by atoms with Gasteiger partial charge in [0.05, 0.1) is 11.1 Å². The number of nitrogens with one attached hydrogen (secondary N) is 1. The van der Waals surface area contributed by atoms with Gasteiger partial charge in [0, 0.05) is 17.6 Å². The minimum atomic E-state index is 0.443. The van der Waals surface area contributed by atoms with Gasteiger partial charge in [0.1, 0.15) is 6.61 Å². The minimum absolute atomic E-state index is 0.443. The number of benzene rings is 2. The van der Waals surface area contributed by atoms with Crippen LogP contribution in [-0.2, 0) is 13.2 Å². The number of ether oxygens (including phenoxy) is 2. The average molecular weight is 481 g/mol. The van der Waals surface area contributed by atoms with Crippen LogP contribution in [-0.4, -0.2) is 12.6 Å². The van der Waals surface area contributed by atoms with E-state index < -0.39 is 0 Å². The molecule has 0 saturated heterocycles. The topological polar surface area (TPSA) is 30.5 Å². The fraction of sp³-hybridized carbons (Fsp3) is 0.500. The van der Waals surface area contributed by atoms with Crippen molar-refractivity contribution in [3.63, 3.8) is 0 Å². The van der Waals surface area contributed by atoms with Crippen molar-refractivity contribution in [1.82, 2.24) is 5.32 Å². The van der Waals surface area contributed by atoms with Gasteiger partial charge in [-0.25, -0.2) is 0 Å². The van der Waals surface area contributed by atoms with E-state index in [1.807, 2.05) is 31.2 Å². The summed E-state index contributed by atoms with van der Waals surface area (Å²) in [6.45, 7) is 3.88. The van der Waals surface area contributed by atoms with Crippen molar-refractivity contribution in [2.75, 3.05) is 6.61 Å². The summed E-state index contributed by atoms with van der Waals surface area (Å²) in [6, 6.07) is 12.6. The molecule has 0 radical (unpaired) electrons. The molecule has 0 bridgehead atoms. The molecule has 158 valence electrons. The predicted octanol–water partition coefficient (Wildman–Crippen LogP) is 7.28. The van der Waals surface area contributed by atoms with Gasteiger partial charge in [-0.1, -0.05) is 55.8 Å². The van der Waals surface area contributed by atoms with Crippen molar-refractivity contribution >= 4 is 27.5 Å². The van der Waals surface area contributed by atoms with Gasteiger partial charge in [-0.3, -0.25) is 0 Å². The second-order valence-corrected chi connectivity index (χ2v) is 8.97. The third kappa shape index (κ3) is 7.20. The second kappa shape index (κ2) is 11.8. The monoisotopic (exact) mass is 479 g/mol. The Bertz CT molecular complexity index is 775. The molecule has 3 rings (SSSR count). The molecule has 1 aliphatic rings. The van der Waals surface area contributed by atoms with Gasteiger partial charge in [0.2, 0.25) is 0 Å². The zero-order chi connectivity index (χ0) is 20.5. The highest BCUT2D eigenvalue weighted by molar-refractivity contribution is 9.10. The fourth-order valence-corrected chi connectivity index (χ4v) is 4.65. The zero-order valence-electron chi connectivity index (χ0n) is 17.2. The molecule has 5 heteroatoms. The molecule has 0 heterocycles. The summed E-state index contributed by atoms with van der Waals surface area (Å²) in [7, 11) is 0. The van der Waals surface area contributed by atoms with Gasteiger partial charge in [0.25, 0.3) is 0 Å². The Morgan fingerprint density at radius 3 is 2.48 bits per heavy atom. The lowest BCUT2D eigenvalue weighted by atomic mass is 9.96. The molecule has 2 aromatic carbocycles. The highest BCUT2D eigenvalue weighted by Crippen LogP contribution is 2.37. The molecule has 29 heavy (non-hydrogen) atoms. The summed E-state index contributed by atoms with van der Waals surface area (Å²) in [4.78, 5) is 0. The Balaban J connectivity index is 1.66. The molecule has 0 aromatic heterocycles. The van der Waals surface area contributed by atoms with Crippen molar-refractivity contribution in [2.45, 2.75) is 71.1 Å². The largest absolute Gasteiger partial charge is 0.490 e. The van der Waals surface area contributed by atoms with Crippen LogP contribution in [0, 0.1) is 0 Å². The molecule has 1 saturated carbocycles. The van der Waals surface area contributed by atoms with E-state index in [4.69, 9.17) is 21.1 Å². The zero-order valence-corrected chi connectivity index (χ0v) is 19.5. The number of halogens is 2. The first-order valence-electron chi connectivity index (χ1n) is 10.7. The van der Waals surface area contributed by atoms with Crippen molar-refractivity contribution in [3.8, 4) is 11.5 Å². The van der Waals surface area contributed by atoms with Crippen molar-refractivity contribution in [3.05, 3.63) is 57.0 Å². The molecule has 0 aliphatic heterocycles. The maximum atomic E-state index is 6.09. The summed E-state index contributed by atoms with van der Waals surface area (Å²) in [6.07, 6.45) is 9.37. The molecule has 2 aromatic rings. The van der Waals surface area contributed by atoms with E-state index >= 15 is 0 Å². The predicted molar refractivity (Wildman–Crippen MR) is 124 cm³/mol. The maximum Gasteiger partial charge on any atom is 0.175 e. The van der Waals surface area contributed by atoms with Crippen LogP contribution in [0.4, 0.5) is 0 Å². The lowest BCUT2D eigenvalue weighted by molar-refractivity contribution is 0.267. The Kier molecular flexibility index (Phi) is 9.16. The number of hydrogen-bond donors (Lipinski definition) is 1. The van der Waals surface area contributed by atoms with E-state index in [0.717, 1.165) is 28.1 Å². The Morgan fingerprint density at radius 2 is 1.76 bits per heavy atom. The van der Waals surface area contributed by atoms with Crippen molar-refractivity contribution < 1.29 is 9.47 Å². The summed E-state index contributed by atoms with van der Waals surface area (Å²) < 4.78 is 12.9. The van der Waals surface area contributed by atoms with Crippen LogP contribution in [0.15, 0.2) is 40.9 Å². The van der Waals surface area contributed by atoms with Gasteiger partial charge < -0.3 is 14.8 Å². The number of hydrogen-bond acceptors (Lipinski definition) is 3. The van der Waals surface area contributed by atoms with Crippen molar-refractivity contribution in [1.29, 1.82) is 0 Å². The normalized spacial score (nSPS) is 15.6. The fourth-order valence-electron chi connectivity index (χ4n) is 3.83. The maximum absolute atomic E-state index is 6.09. The van der Waals surface area contributed by atoms with Crippen LogP contribution in [0.25, 0.3) is 0 Å². The smallest absolute Gasteiger partial charge is 0.175 e. The highest BCUT2D eigenvalue weighted by Gasteiger charge is 2.15. The third-order valence-electron chi connectivity index (χ3n) is 5.34. The lowest BCUT2D eigenvalue weighted by Gasteiger charge is -2.22. The summed E-state index contributed by atoms with van der Waals surface area (Å²) in [5.41, 5.74) is 2.24. The Labute approximate surface area is 188 Å². The molecule has 3 nitrogen and oxygen atoms in total. The quantitative estimate of drug-likeness (QED) is 0.430. The minimum Gasteiger partial charge on any atom is -0.490 e. The summed E-state index contributed by atoms with van der Waals surface area (Å²) >= 11 is 9.77. The molecule has 0 amide bonds. The molecule has 1 aliphatic carbocycles. The van der Waals surface area contributed by atoms with Gasteiger partial charge in [-0.2, -0.15) is 0 Å². The van der Waals surface area contributed by atoms with Gasteiger partial charge in [0.15, 0.2) is 11.5 Å². The van der Waals surface area contributed by atoms with Crippen LogP contribution >= 0.6 is 27.5 Å². The molecule has 0 spiro atoms. The molecular weight excluding hydrogens is 450 g/mol. The standard InChI is InChI=1S/C24H31BrClNO2/c1-2-28-23-15-19(16-27-21-11-6-4-3-5-7-12-21)14-22(25)24(23)29-17-18-9-8-10-20(26)13-18/h8-10,13-15,21,27H,2-7,11-12,16-17H2,1H3. The van der Waals surface area contributed by atoms with Crippen LogP contribution < -0.4 is 14.8 Å². The first-order valence-corrected chi connectivity index (χ1v) is 11.9. The van der Waals surface area contributed by atoms with Gasteiger partial charge in [-0.15, -0.1) is 0 Å². The first kappa shape index (κ1) is 22.5. The van der Waals surface area contributed by atoms with E-state index in [9.17, 15) is 0 Å². The molecule has 0 unspecified atom stereocenters. The van der Waals surface area contributed by atoms with E-state index in [-0.39, 0.29) is 0 Å². The highest BCUT2D eigenvalue weighted by atomic mass is 79.9. The summed E-state index contributed by atoms with van der Waals surface area (Å²) in [5, 5.41) is 4.47. The van der Waals surface area contributed by atoms with Crippen LogP contribution in [0.1, 0.15) is 63.0 Å². The van der Waals surface area contributed by atoms with Crippen LogP contribution in [0.3, 0.4) is 0 Å². The third-order valence-corrected chi connectivity index (χ3v) is 6.17. The van der Waals surface area contributed by atoms with Gasteiger partial charge >= 0.3 is 0 Å². The molecule has 1 N–H and O–H groups in total. The second-order valence-electron chi connectivity index (χ2n) is 7.68.